The average Bonchev–Trinajstić information content (AvgIpc) is 3.22. The second kappa shape index (κ2) is 11.0. The number of ether oxygens (including phenoxy) is 4. The number of likely N-dealkylation sites (N-methyl/N-ethyl adjacent to an activating group) is 1. The molecule has 9 nitrogen and oxygen atoms in total. The third-order valence-corrected chi connectivity index (χ3v) is 6.94. The van der Waals surface area contributed by atoms with Crippen LogP contribution in [0.25, 0.3) is 5.76 Å². The highest BCUT2D eigenvalue weighted by atomic mass is 16.5. The molecule has 202 valence electrons. The molecule has 2 aliphatic rings. The molecular formula is C30H30N2O7. The van der Waals surface area contributed by atoms with E-state index in [1.165, 1.54) is 4.90 Å². The summed E-state index contributed by atoms with van der Waals surface area (Å²) in [6, 6.07) is 18.6. The maximum atomic E-state index is 13.4. The van der Waals surface area contributed by atoms with Gasteiger partial charge in [-0.05, 0) is 60.2 Å². The van der Waals surface area contributed by atoms with Crippen molar-refractivity contribution in [2.75, 3.05) is 52.5 Å². The van der Waals surface area contributed by atoms with Crippen molar-refractivity contribution >= 4 is 23.1 Å². The zero-order chi connectivity index (χ0) is 27.5. The van der Waals surface area contributed by atoms with E-state index in [-0.39, 0.29) is 24.5 Å². The lowest BCUT2D eigenvalue weighted by Gasteiger charge is -2.28. The second-order valence-corrected chi connectivity index (χ2v) is 9.25. The number of aliphatic hydroxyl groups excluding tert-OH is 1. The quantitative estimate of drug-likeness (QED) is 0.265. The molecule has 1 fully saturated rings. The van der Waals surface area contributed by atoms with Crippen molar-refractivity contribution in [2.45, 2.75) is 6.04 Å². The van der Waals surface area contributed by atoms with E-state index in [1.54, 1.807) is 80.9 Å². The van der Waals surface area contributed by atoms with Crippen LogP contribution in [0.2, 0.25) is 0 Å². The SMILES string of the molecule is COc1ccc(OCCN2C(=O)C(=O)/C(=C(\O)c3ccc4c(c3)N(C)CCO4)C2c2cccc(OC)c2)cc1. The van der Waals surface area contributed by atoms with Crippen molar-refractivity contribution < 1.29 is 33.6 Å². The zero-order valence-corrected chi connectivity index (χ0v) is 22.0. The number of rotatable bonds is 8. The van der Waals surface area contributed by atoms with Crippen molar-refractivity contribution in [1.82, 2.24) is 4.90 Å². The van der Waals surface area contributed by atoms with Crippen LogP contribution in [0.5, 0.6) is 23.0 Å². The lowest BCUT2D eigenvalue weighted by molar-refractivity contribution is -0.140. The van der Waals surface area contributed by atoms with Gasteiger partial charge in [-0.2, -0.15) is 0 Å². The Morgan fingerprint density at radius 2 is 1.72 bits per heavy atom. The Bertz CT molecular complexity index is 1420. The molecule has 5 rings (SSSR count). The molecule has 1 N–H and O–H groups in total. The summed E-state index contributed by atoms with van der Waals surface area (Å²) >= 11 is 0. The van der Waals surface area contributed by atoms with Gasteiger partial charge < -0.3 is 33.9 Å². The molecule has 0 saturated carbocycles. The first-order chi connectivity index (χ1) is 18.9. The van der Waals surface area contributed by atoms with E-state index in [4.69, 9.17) is 18.9 Å². The Morgan fingerprint density at radius 1 is 0.974 bits per heavy atom. The molecule has 1 saturated heterocycles. The molecule has 3 aromatic carbocycles. The third kappa shape index (κ3) is 5.07. The third-order valence-electron chi connectivity index (χ3n) is 6.94. The van der Waals surface area contributed by atoms with E-state index in [0.29, 0.717) is 47.3 Å². The number of hydrogen-bond acceptors (Lipinski definition) is 8. The van der Waals surface area contributed by atoms with Crippen LogP contribution in [0, 0.1) is 0 Å². The van der Waals surface area contributed by atoms with Gasteiger partial charge in [0.2, 0.25) is 0 Å². The minimum atomic E-state index is -0.829. The van der Waals surface area contributed by atoms with Crippen LogP contribution in [0.3, 0.4) is 0 Å². The highest BCUT2D eigenvalue weighted by Gasteiger charge is 2.46. The van der Waals surface area contributed by atoms with Crippen LogP contribution < -0.4 is 23.8 Å². The number of anilines is 1. The predicted molar refractivity (Wildman–Crippen MR) is 146 cm³/mol. The summed E-state index contributed by atoms with van der Waals surface area (Å²) in [6.45, 7) is 1.52. The van der Waals surface area contributed by atoms with Gasteiger partial charge >= 0.3 is 0 Å². The minimum Gasteiger partial charge on any atom is -0.507 e. The standard InChI is InChI=1S/C30H30N2O7/c1-31-13-15-39-25-12-7-20(18-24(25)31)28(33)26-27(19-5-4-6-23(17-19)37-3)32(30(35)29(26)34)14-16-38-22-10-8-21(36-2)9-11-22/h4-12,17-18,27,33H,13-16H2,1-3H3/b28-26-. The van der Waals surface area contributed by atoms with Crippen LogP contribution >= 0.6 is 0 Å². The molecule has 39 heavy (non-hydrogen) atoms. The summed E-state index contributed by atoms with van der Waals surface area (Å²) in [7, 11) is 5.06. The van der Waals surface area contributed by atoms with Crippen LogP contribution in [0.4, 0.5) is 5.69 Å². The predicted octanol–water partition coefficient (Wildman–Crippen LogP) is 4.03. The zero-order valence-electron chi connectivity index (χ0n) is 22.0. The van der Waals surface area contributed by atoms with Crippen molar-refractivity contribution in [2.24, 2.45) is 0 Å². The maximum absolute atomic E-state index is 13.4. The molecule has 1 atom stereocenters. The first kappa shape index (κ1) is 26.0. The van der Waals surface area contributed by atoms with Crippen molar-refractivity contribution in [3.63, 3.8) is 0 Å². The van der Waals surface area contributed by atoms with Gasteiger partial charge in [-0.15, -0.1) is 0 Å². The molecule has 0 spiro atoms. The molecule has 3 aromatic rings. The molecule has 9 heteroatoms. The normalized spacial score (nSPS) is 18.0. The van der Waals surface area contributed by atoms with E-state index >= 15 is 0 Å². The van der Waals surface area contributed by atoms with Gasteiger partial charge in [0.25, 0.3) is 11.7 Å². The number of fused-ring (bicyclic) bond motifs is 1. The number of aliphatic hydroxyl groups is 1. The Labute approximate surface area is 226 Å². The molecule has 0 radical (unpaired) electrons. The number of carbonyl (C=O) groups is 2. The molecule has 0 aromatic heterocycles. The summed E-state index contributed by atoms with van der Waals surface area (Å²) in [6.07, 6.45) is 0. The van der Waals surface area contributed by atoms with E-state index in [1.807, 2.05) is 11.9 Å². The second-order valence-electron chi connectivity index (χ2n) is 9.25. The lowest BCUT2D eigenvalue weighted by Crippen LogP contribution is -2.33. The molecule has 1 amide bonds. The summed E-state index contributed by atoms with van der Waals surface area (Å²) < 4.78 is 22.1. The number of benzene rings is 3. The number of ketones is 1. The monoisotopic (exact) mass is 530 g/mol. The Kier molecular flexibility index (Phi) is 7.31. The number of likely N-dealkylation sites (tertiary alicyclic amines) is 1. The van der Waals surface area contributed by atoms with Gasteiger partial charge in [0, 0.05) is 12.6 Å². The Morgan fingerprint density at radius 3 is 2.46 bits per heavy atom. The maximum Gasteiger partial charge on any atom is 0.295 e. The largest absolute Gasteiger partial charge is 0.507 e. The minimum absolute atomic E-state index is 0.0111. The highest BCUT2D eigenvalue weighted by molar-refractivity contribution is 6.46. The van der Waals surface area contributed by atoms with E-state index in [9.17, 15) is 14.7 Å². The van der Waals surface area contributed by atoms with Gasteiger partial charge in [-0.3, -0.25) is 9.59 Å². The van der Waals surface area contributed by atoms with Gasteiger partial charge in [0.15, 0.2) is 0 Å². The van der Waals surface area contributed by atoms with E-state index in [0.717, 1.165) is 5.69 Å². The van der Waals surface area contributed by atoms with E-state index < -0.39 is 17.7 Å². The molecular weight excluding hydrogens is 500 g/mol. The summed E-state index contributed by atoms with van der Waals surface area (Å²) in [5.41, 5.74) is 1.87. The average molecular weight is 531 g/mol. The fourth-order valence-corrected chi connectivity index (χ4v) is 4.86. The fourth-order valence-electron chi connectivity index (χ4n) is 4.86. The van der Waals surface area contributed by atoms with E-state index in [2.05, 4.69) is 0 Å². The molecule has 2 heterocycles. The van der Waals surface area contributed by atoms with Crippen LogP contribution in [0.15, 0.2) is 72.3 Å². The van der Waals surface area contributed by atoms with Gasteiger partial charge in [-0.25, -0.2) is 0 Å². The fraction of sp³-hybridized carbons (Fsp3) is 0.267. The Hall–Kier alpha value is -4.66. The number of nitrogens with zero attached hydrogens (tertiary/aromatic N) is 2. The summed E-state index contributed by atoms with van der Waals surface area (Å²) in [5, 5.41) is 11.5. The topological polar surface area (TPSA) is 97.8 Å². The molecule has 0 aliphatic carbocycles. The van der Waals surface area contributed by atoms with Crippen molar-refractivity contribution in [3.8, 4) is 23.0 Å². The molecule has 2 aliphatic heterocycles. The summed E-state index contributed by atoms with van der Waals surface area (Å²) in [5.74, 6) is 0.854. The number of Topliss-reactive ketones (excluding diaryl/α,β-unsaturated/α-hetero) is 1. The van der Waals surface area contributed by atoms with Gasteiger partial charge in [0.1, 0.15) is 42.0 Å². The highest BCUT2D eigenvalue weighted by Crippen LogP contribution is 2.41. The van der Waals surface area contributed by atoms with Crippen LogP contribution in [-0.4, -0.2) is 69.3 Å². The van der Waals surface area contributed by atoms with Gasteiger partial charge in [-0.1, -0.05) is 12.1 Å². The van der Waals surface area contributed by atoms with Crippen molar-refractivity contribution in [3.05, 3.63) is 83.4 Å². The van der Waals surface area contributed by atoms with Gasteiger partial charge in [0.05, 0.1) is 44.6 Å². The first-order valence-electron chi connectivity index (χ1n) is 12.6. The Balaban J connectivity index is 1.50. The number of amides is 1. The molecule has 1 unspecified atom stereocenters. The first-order valence-corrected chi connectivity index (χ1v) is 12.6. The van der Waals surface area contributed by atoms with Crippen LogP contribution in [0.1, 0.15) is 17.2 Å². The lowest BCUT2D eigenvalue weighted by atomic mass is 9.95. The molecule has 0 bridgehead atoms. The number of hydrogen-bond donors (Lipinski definition) is 1. The summed E-state index contributed by atoms with van der Waals surface area (Å²) in [4.78, 5) is 30.1. The number of methoxy groups -OCH3 is 2. The van der Waals surface area contributed by atoms with Crippen LogP contribution in [-0.2, 0) is 9.59 Å². The van der Waals surface area contributed by atoms with Crippen molar-refractivity contribution in [1.29, 1.82) is 0 Å². The number of carbonyl (C=O) groups excluding carboxylic acids is 2. The smallest absolute Gasteiger partial charge is 0.295 e.